The molecule has 4 aliphatic heterocycles. The number of nitrogens with zero attached hydrogens (tertiary/aromatic N) is 4. The van der Waals surface area contributed by atoms with E-state index in [-0.39, 0.29) is 11.8 Å². The largest absolute Gasteiger partial charge is 0.736 e. The van der Waals surface area contributed by atoms with Gasteiger partial charge in [0.15, 0.2) is 11.4 Å². The summed E-state index contributed by atoms with van der Waals surface area (Å²) in [5, 5.41) is 0. The van der Waals surface area contributed by atoms with E-state index in [4.69, 9.17) is 0 Å². The van der Waals surface area contributed by atoms with Gasteiger partial charge in [-0.2, -0.15) is 0 Å². The molecule has 0 radical (unpaired) electrons. The zero-order valence-corrected chi connectivity index (χ0v) is 19.5. The molecule has 0 atom stereocenters. The molecule has 34 heavy (non-hydrogen) atoms. The van der Waals surface area contributed by atoms with Crippen LogP contribution in [-0.4, -0.2) is 44.3 Å². The van der Waals surface area contributed by atoms with Gasteiger partial charge >= 0.3 is 13.9 Å². The molecule has 2 aromatic rings. The molecular formula is C24H26B2F4N4. The number of allylic oxidation sites excluding steroid dienone is 6. The molecule has 6 heterocycles. The number of hydrogen-bond donors (Lipinski definition) is 0. The molecule has 176 valence electrons. The van der Waals surface area contributed by atoms with E-state index in [0.717, 1.165) is 29.1 Å². The maximum Gasteiger partial charge on any atom is 0.736 e. The molecule has 10 heteroatoms. The minimum absolute atomic E-state index is 0.212. The molecule has 0 spiro atoms. The third kappa shape index (κ3) is 3.07. The number of halogens is 4. The normalized spacial score (nSPS) is 20.6. The monoisotopic (exact) mass is 468 g/mol. The lowest BCUT2D eigenvalue weighted by atomic mass is 9.85. The van der Waals surface area contributed by atoms with Crippen LogP contribution in [0.3, 0.4) is 0 Å². The molecular weight excluding hydrogens is 442 g/mol. The van der Waals surface area contributed by atoms with Gasteiger partial charge in [-0.15, -0.1) is 0 Å². The first-order valence-corrected chi connectivity index (χ1v) is 11.5. The van der Waals surface area contributed by atoms with Crippen LogP contribution in [0, 0.1) is 11.8 Å². The zero-order valence-electron chi connectivity index (χ0n) is 19.5. The van der Waals surface area contributed by atoms with Crippen LogP contribution in [0.4, 0.5) is 17.3 Å². The van der Waals surface area contributed by atoms with Crippen LogP contribution in [0.2, 0.25) is 0 Å². The molecule has 0 unspecified atom stereocenters. The molecule has 6 rings (SSSR count). The van der Waals surface area contributed by atoms with Crippen molar-refractivity contribution in [1.82, 2.24) is 8.96 Å². The summed E-state index contributed by atoms with van der Waals surface area (Å²) in [4.78, 5) is 0. The molecule has 0 aliphatic carbocycles. The van der Waals surface area contributed by atoms with Crippen molar-refractivity contribution in [2.45, 2.75) is 27.7 Å². The Morgan fingerprint density at radius 3 is 1.41 bits per heavy atom. The quantitative estimate of drug-likeness (QED) is 0.410. The Kier molecular flexibility index (Phi) is 5.04. The van der Waals surface area contributed by atoms with Crippen molar-refractivity contribution in [3.05, 3.63) is 83.7 Å². The molecule has 0 bridgehead atoms. The van der Waals surface area contributed by atoms with E-state index in [1.165, 1.54) is 24.8 Å². The van der Waals surface area contributed by atoms with Crippen LogP contribution in [-0.2, 0) is 0 Å². The van der Waals surface area contributed by atoms with Gasteiger partial charge in [0.2, 0.25) is 0 Å². The summed E-state index contributed by atoms with van der Waals surface area (Å²) < 4.78 is 61.5. The van der Waals surface area contributed by atoms with Crippen molar-refractivity contribution in [2.24, 2.45) is 11.8 Å². The predicted octanol–water partition coefficient (Wildman–Crippen LogP) is 5.49. The number of fused-ring (bicyclic) bond motifs is 4. The maximum atomic E-state index is 14.3. The van der Waals surface area contributed by atoms with Gasteiger partial charge < -0.3 is 35.2 Å². The third-order valence-electron chi connectivity index (χ3n) is 6.71. The van der Waals surface area contributed by atoms with Gasteiger partial charge in [0.05, 0.1) is 0 Å². The first kappa shape index (κ1) is 22.5. The highest BCUT2D eigenvalue weighted by Gasteiger charge is 2.52. The Morgan fingerprint density at radius 2 is 1.06 bits per heavy atom. The van der Waals surface area contributed by atoms with Gasteiger partial charge in [-0.3, -0.25) is 0 Å². The second-order valence-corrected chi connectivity index (χ2v) is 9.52. The lowest BCUT2D eigenvalue weighted by Gasteiger charge is -2.32. The van der Waals surface area contributed by atoms with E-state index in [0.29, 0.717) is 22.8 Å². The van der Waals surface area contributed by atoms with E-state index in [1.807, 2.05) is 27.7 Å². The molecule has 4 aliphatic rings. The first-order chi connectivity index (χ1) is 16.1. The smallest absolute Gasteiger partial charge is 0.396 e. The minimum atomic E-state index is -3.73. The Hall–Kier alpha value is -3.29. The number of rotatable bonds is 2. The molecule has 4 nitrogen and oxygen atoms in total. The molecule has 0 amide bonds. The SMILES string of the molecule is CC(C)C1=C2C=CC=[N+]2[B-](F)(F)n2cccc21.CC(C)C1=C2C=CC=[N+]2[B-](F)(F)n2cccc21. The lowest BCUT2D eigenvalue weighted by Crippen LogP contribution is -2.49. The highest BCUT2D eigenvalue weighted by atomic mass is 19.3. The lowest BCUT2D eigenvalue weighted by molar-refractivity contribution is -0.357. The summed E-state index contributed by atoms with van der Waals surface area (Å²) in [5.74, 6) is 0.424. The van der Waals surface area contributed by atoms with E-state index < -0.39 is 13.9 Å². The van der Waals surface area contributed by atoms with Crippen LogP contribution in [0.1, 0.15) is 39.1 Å². The predicted molar refractivity (Wildman–Crippen MR) is 130 cm³/mol. The molecule has 0 saturated heterocycles. The molecule has 0 N–H and O–H groups in total. The van der Waals surface area contributed by atoms with Gasteiger partial charge in [0.1, 0.15) is 12.4 Å². The average molecular weight is 468 g/mol. The first-order valence-electron chi connectivity index (χ1n) is 11.5. The van der Waals surface area contributed by atoms with Crippen molar-refractivity contribution in [2.75, 3.05) is 0 Å². The Bertz CT molecular complexity index is 1260. The topological polar surface area (TPSA) is 15.9 Å². The second-order valence-electron chi connectivity index (χ2n) is 9.52. The van der Waals surface area contributed by atoms with Crippen LogP contribution in [0.25, 0.3) is 11.1 Å². The fraction of sp³-hybridized carbons (Fsp3) is 0.250. The molecule has 0 fully saturated rings. The maximum absolute atomic E-state index is 14.3. The molecule has 0 saturated carbocycles. The highest BCUT2D eigenvalue weighted by Crippen LogP contribution is 2.39. The summed E-state index contributed by atoms with van der Waals surface area (Å²) in [6.45, 7) is 0.651. The zero-order chi connectivity index (χ0) is 24.4. The van der Waals surface area contributed by atoms with E-state index in [2.05, 4.69) is 0 Å². The van der Waals surface area contributed by atoms with Crippen molar-refractivity contribution in [1.29, 1.82) is 0 Å². The Labute approximate surface area is 196 Å². The summed E-state index contributed by atoms with van der Waals surface area (Å²) in [6, 6.07) is 6.89. The Morgan fingerprint density at radius 1 is 0.676 bits per heavy atom. The highest BCUT2D eigenvalue weighted by molar-refractivity contribution is 6.58. The standard InChI is InChI=1S/2C12H13BF2N2/c2*1-9(2)12-10-5-3-7-16(10)13(14,15)17-8-4-6-11(12)17/h2*3-9H,1-2H3. The summed E-state index contributed by atoms with van der Waals surface area (Å²) in [6.07, 6.45) is 12.7. The minimum Gasteiger partial charge on any atom is -0.396 e. The summed E-state index contributed by atoms with van der Waals surface area (Å²) in [7, 11) is 0. The van der Waals surface area contributed by atoms with Crippen LogP contribution < -0.4 is 0 Å². The number of hydrogen-bond acceptors (Lipinski definition) is 0. The van der Waals surface area contributed by atoms with Gasteiger partial charge in [0, 0.05) is 46.8 Å². The number of aromatic nitrogens is 2. The van der Waals surface area contributed by atoms with Gasteiger partial charge in [-0.05, 0) is 48.5 Å². The summed E-state index contributed by atoms with van der Waals surface area (Å²) in [5.41, 5.74) is 4.50. The van der Waals surface area contributed by atoms with Crippen LogP contribution in [0.15, 0.2) is 72.4 Å². The molecule has 2 aromatic heterocycles. The second kappa shape index (κ2) is 7.61. The van der Waals surface area contributed by atoms with Crippen molar-refractivity contribution in [3.63, 3.8) is 0 Å². The fourth-order valence-electron chi connectivity index (χ4n) is 5.29. The van der Waals surface area contributed by atoms with Gasteiger partial charge in [-0.25, -0.2) is 0 Å². The van der Waals surface area contributed by atoms with Crippen molar-refractivity contribution >= 4 is 37.5 Å². The van der Waals surface area contributed by atoms with Gasteiger partial charge in [-0.1, -0.05) is 27.7 Å². The average Bonchev–Trinajstić information content (AvgIpc) is 3.54. The van der Waals surface area contributed by atoms with Crippen LogP contribution in [0.5, 0.6) is 0 Å². The van der Waals surface area contributed by atoms with Crippen molar-refractivity contribution < 1.29 is 26.2 Å². The molecule has 0 aromatic carbocycles. The van der Waals surface area contributed by atoms with Gasteiger partial charge in [0.25, 0.3) is 0 Å². The third-order valence-corrected chi connectivity index (χ3v) is 6.71. The van der Waals surface area contributed by atoms with Crippen LogP contribution >= 0.6 is 0 Å². The van der Waals surface area contributed by atoms with Crippen molar-refractivity contribution in [3.8, 4) is 0 Å². The Balaban J connectivity index is 0.000000142. The van der Waals surface area contributed by atoms with E-state index >= 15 is 0 Å². The van der Waals surface area contributed by atoms with E-state index in [9.17, 15) is 17.3 Å². The summed E-state index contributed by atoms with van der Waals surface area (Å²) >= 11 is 0. The fourth-order valence-corrected chi connectivity index (χ4v) is 5.29. The van der Waals surface area contributed by atoms with E-state index in [1.54, 1.807) is 48.6 Å².